The van der Waals surface area contributed by atoms with E-state index in [2.05, 4.69) is 25.0 Å². The van der Waals surface area contributed by atoms with E-state index in [4.69, 9.17) is 11.1 Å². The minimum atomic E-state index is -4.45. The molecule has 0 aliphatic carbocycles. The summed E-state index contributed by atoms with van der Waals surface area (Å²) in [5.74, 6) is -1.14. The third-order valence-corrected chi connectivity index (χ3v) is 3.12. The number of hydrogen-bond donors (Lipinski definition) is 3. The maximum Gasteiger partial charge on any atom is 0.422 e. The van der Waals surface area contributed by atoms with Gasteiger partial charge in [0.15, 0.2) is 18.3 Å². The SMILES string of the molecule is CC(NC(=O)c1ccnc(C(=N)N)n1)c1ccc(OCC(F)(F)F)nc1. The summed E-state index contributed by atoms with van der Waals surface area (Å²) in [5.41, 5.74) is 5.85. The zero-order valence-corrected chi connectivity index (χ0v) is 13.5. The molecule has 0 spiro atoms. The van der Waals surface area contributed by atoms with Crippen molar-refractivity contribution in [3.63, 3.8) is 0 Å². The van der Waals surface area contributed by atoms with E-state index in [0.29, 0.717) is 5.56 Å². The van der Waals surface area contributed by atoms with E-state index in [-0.39, 0.29) is 23.2 Å². The van der Waals surface area contributed by atoms with Crippen molar-refractivity contribution in [2.24, 2.45) is 5.73 Å². The van der Waals surface area contributed by atoms with Gasteiger partial charge in [-0.25, -0.2) is 15.0 Å². The molecule has 2 aromatic rings. The molecule has 0 aliphatic heterocycles. The monoisotopic (exact) mass is 368 g/mol. The molecule has 2 aromatic heterocycles. The number of nitrogens with one attached hydrogen (secondary N) is 2. The van der Waals surface area contributed by atoms with Gasteiger partial charge in [0, 0.05) is 18.5 Å². The molecule has 11 heteroatoms. The van der Waals surface area contributed by atoms with Crippen LogP contribution in [0.1, 0.15) is 34.8 Å². The molecule has 1 unspecified atom stereocenters. The number of nitrogens with two attached hydrogens (primary N) is 1. The van der Waals surface area contributed by atoms with Crippen molar-refractivity contribution in [2.75, 3.05) is 6.61 Å². The minimum absolute atomic E-state index is 0.0233. The lowest BCUT2D eigenvalue weighted by Crippen LogP contribution is -2.28. The molecular weight excluding hydrogens is 353 g/mol. The van der Waals surface area contributed by atoms with Crippen LogP contribution in [0.4, 0.5) is 13.2 Å². The van der Waals surface area contributed by atoms with E-state index in [9.17, 15) is 18.0 Å². The van der Waals surface area contributed by atoms with Gasteiger partial charge in [-0.15, -0.1) is 0 Å². The van der Waals surface area contributed by atoms with E-state index < -0.39 is 24.7 Å². The molecule has 0 fully saturated rings. The molecule has 0 bridgehead atoms. The third kappa shape index (κ3) is 5.40. The molecule has 2 heterocycles. The molecule has 2 rings (SSSR count). The largest absolute Gasteiger partial charge is 0.468 e. The fourth-order valence-corrected chi connectivity index (χ4v) is 1.86. The summed E-state index contributed by atoms with van der Waals surface area (Å²) in [6.45, 7) is 0.232. The Morgan fingerprint density at radius 2 is 2.08 bits per heavy atom. The summed E-state index contributed by atoms with van der Waals surface area (Å²) >= 11 is 0. The van der Waals surface area contributed by atoms with Gasteiger partial charge in [-0.1, -0.05) is 6.07 Å². The molecule has 26 heavy (non-hydrogen) atoms. The lowest BCUT2D eigenvalue weighted by atomic mass is 10.1. The number of carbonyl (C=O) groups is 1. The lowest BCUT2D eigenvalue weighted by molar-refractivity contribution is -0.154. The molecule has 0 aromatic carbocycles. The number of nitrogen functional groups attached to an aromatic ring is 1. The Kier molecular flexibility index (Phi) is 5.70. The van der Waals surface area contributed by atoms with Gasteiger partial charge in [0.1, 0.15) is 5.69 Å². The number of aromatic nitrogens is 3. The first-order valence-corrected chi connectivity index (χ1v) is 7.29. The number of rotatable bonds is 6. The van der Waals surface area contributed by atoms with Crippen molar-refractivity contribution in [3.8, 4) is 5.88 Å². The van der Waals surface area contributed by atoms with Crippen molar-refractivity contribution in [2.45, 2.75) is 19.1 Å². The van der Waals surface area contributed by atoms with Crippen LogP contribution in [0.2, 0.25) is 0 Å². The van der Waals surface area contributed by atoms with Gasteiger partial charge in [-0.05, 0) is 18.6 Å². The summed E-state index contributed by atoms with van der Waals surface area (Å²) in [4.78, 5) is 23.6. The molecule has 0 radical (unpaired) electrons. The molecule has 4 N–H and O–H groups in total. The average molecular weight is 368 g/mol. The second kappa shape index (κ2) is 7.76. The molecule has 138 valence electrons. The molecule has 0 saturated heterocycles. The fourth-order valence-electron chi connectivity index (χ4n) is 1.86. The van der Waals surface area contributed by atoms with Crippen LogP contribution in [0.15, 0.2) is 30.6 Å². The number of amides is 1. The van der Waals surface area contributed by atoms with Crippen LogP contribution in [0.3, 0.4) is 0 Å². The van der Waals surface area contributed by atoms with E-state index in [1.165, 1.54) is 30.6 Å². The molecule has 1 amide bonds. The number of nitrogens with zero attached hydrogens (tertiary/aromatic N) is 3. The first-order valence-electron chi connectivity index (χ1n) is 7.29. The zero-order valence-electron chi connectivity index (χ0n) is 13.5. The zero-order chi connectivity index (χ0) is 19.3. The predicted octanol–water partition coefficient (Wildman–Crippen LogP) is 1.59. The first kappa shape index (κ1) is 19.1. The van der Waals surface area contributed by atoms with Gasteiger partial charge < -0.3 is 15.8 Å². The normalized spacial score (nSPS) is 12.3. The molecule has 1 atom stereocenters. The number of halogens is 3. The highest BCUT2D eigenvalue weighted by molar-refractivity contribution is 5.95. The highest BCUT2D eigenvalue weighted by Crippen LogP contribution is 2.19. The van der Waals surface area contributed by atoms with Crippen LogP contribution in [0, 0.1) is 5.41 Å². The molecular formula is C15H15F3N6O2. The van der Waals surface area contributed by atoms with Gasteiger partial charge in [0.2, 0.25) is 5.88 Å². The van der Waals surface area contributed by atoms with Crippen molar-refractivity contribution in [1.29, 1.82) is 5.41 Å². The van der Waals surface area contributed by atoms with Crippen LogP contribution in [0.5, 0.6) is 5.88 Å². The highest BCUT2D eigenvalue weighted by Gasteiger charge is 2.28. The van der Waals surface area contributed by atoms with Crippen molar-refractivity contribution >= 4 is 11.7 Å². The summed E-state index contributed by atoms with van der Waals surface area (Å²) in [5, 5.41) is 9.93. The second-order valence-corrected chi connectivity index (χ2v) is 5.21. The maximum absolute atomic E-state index is 12.2. The molecule has 0 saturated carbocycles. The average Bonchev–Trinajstić information content (AvgIpc) is 2.59. The summed E-state index contributed by atoms with van der Waals surface area (Å²) in [6, 6.07) is 3.63. The summed E-state index contributed by atoms with van der Waals surface area (Å²) in [6.07, 6.45) is -1.84. The maximum atomic E-state index is 12.2. The van der Waals surface area contributed by atoms with Gasteiger partial charge in [-0.3, -0.25) is 10.2 Å². The Labute approximate surface area is 146 Å². The van der Waals surface area contributed by atoms with Crippen LogP contribution in [-0.4, -0.2) is 39.5 Å². The molecule has 8 nitrogen and oxygen atoms in total. The van der Waals surface area contributed by atoms with Crippen LogP contribution < -0.4 is 15.8 Å². The fraction of sp³-hybridized carbons (Fsp3) is 0.267. The van der Waals surface area contributed by atoms with Gasteiger partial charge >= 0.3 is 6.18 Å². The Hall–Kier alpha value is -3.24. The van der Waals surface area contributed by atoms with E-state index in [1.54, 1.807) is 6.92 Å². The number of ether oxygens (including phenoxy) is 1. The quantitative estimate of drug-likeness (QED) is 0.525. The molecule has 0 aliphatic rings. The van der Waals surface area contributed by atoms with E-state index in [0.717, 1.165) is 0 Å². The van der Waals surface area contributed by atoms with E-state index >= 15 is 0 Å². The Morgan fingerprint density at radius 1 is 1.35 bits per heavy atom. The second-order valence-electron chi connectivity index (χ2n) is 5.21. The predicted molar refractivity (Wildman–Crippen MR) is 84.7 cm³/mol. The van der Waals surface area contributed by atoms with Gasteiger partial charge in [0.25, 0.3) is 5.91 Å². The standard InChI is InChI=1S/C15H15F3N6O2/c1-8(9-2-3-11(22-6-9)26-7-15(16,17)18)23-14(25)10-4-5-21-13(24-10)12(19)20/h2-6,8H,7H2,1H3,(H3,19,20)(H,23,25). The number of pyridine rings is 1. The van der Waals surface area contributed by atoms with Crippen molar-refractivity contribution < 1.29 is 22.7 Å². The lowest BCUT2D eigenvalue weighted by Gasteiger charge is -2.14. The van der Waals surface area contributed by atoms with Crippen LogP contribution in [0.25, 0.3) is 0 Å². The first-order chi connectivity index (χ1) is 12.2. The third-order valence-electron chi connectivity index (χ3n) is 3.12. The number of amidine groups is 1. The van der Waals surface area contributed by atoms with Gasteiger partial charge in [0.05, 0.1) is 6.04 Å². The Balaban J connectivity index is 2.00. The van der Waals surface area contributed by atoms with Crippen molar-refractivity contribution in [1.82, 2.24) is 20.3 Å². The Morgan fingerprint density at radius 3 is 2.65 bits per heavy atom. The number of carbonyl (C=O) groups excluding carboxylic acids is 1. The van der Waals surface area contributed by atoms with Crippen molar-refractivity contribution in [3.05, 3.63) is 47.7 Å². The number of alkyl halides is 3. The topological polar surface area (TPSA) is 127 Å². The Bertz CT molecular complexity index is 795. The summed E-state index contributed by atoms with van der Waals surface area (Å²) < 4.78 is 40.8. The van der Waals surface area contributed by atoms with Gasteiger partial charge in [-0.2, -0.15) is 13.2 Å². The number of hydrogen-bond acceptors (Lipinski definition) is 6. The van der Waals surface area contributed by atoms with Crippen LogP contribution in [-0.2, 0) is 0 Å². The van der Waals surface area contributed by atoms with Crippen LogP contribution >= 0.6 is 0 Å². The van der Waals surface area contributed by atoms with E-state index in [1.807, 2.05) is 0 Å². The minimum Gasteiger partial charge on any atom is -0.468 e. The summed E-state index contributed by atoms with van der Waals surface area (Å²) in [7, 11) is 0. The highest BCUT2D eigenvalue weighted by atomic mass is 19.4. The smallest absolute Gasteiger partial charge is 0.422 e.